The molecule has 1 aromatic carbocycles. The Kier molecular flexibility index (Phi) is 5.17. The van der Waals surface area contributed by atoms with Crippen molar-refractivity contribution in [3.8, 4) is 0 Å². The molecule has 0 unspecified atom stereocenters. The molecule has 1 rings (SSSR count). The smallest absolute Gasteiger partial charge is 0.0726 e. The molecule has 1 aromatic rings. The second kappa shape index (κ2) is 6.06. The summed E-state index contributed by atoms with van der Waals surface area (Å²) >= 11 is 0. The number of hydrogen-bond donors (Lipinski definition) is 0. The average Bonchev–Trinajstić information content (AvgIpc) is 2.23. The third-order valence-electron chi connectivity index (χ3n) is 2.88. The molecule has 2 nitrogen and oxygen atoms in total. The highest BCUT2D eigenvalue weighted by molar-refractivity contribution is 5.33. The topological polar surface area (TPSA) is 18.5 Å². The van der Waals surface area contributed by atoms with Crippen LogP contribution in [0.1, 0.15) is 58.2 Å². The Hall–Kier alpha value is -0.860. The highest BCUT2D eigenvalue weighted by atomic mass is 16.5. The summed E-state index contributed by atoms with van der Waals surface area (Å²) in [5, 5.41) is 0. The van der Waals surface area contributed by atoms with Crippen LogP contribution in [0.5, 0.6) is 0 Å². The van der Waals surface area contributed by atoms with Gasteiger partial charge in [-0.2, -0.15) is 0 Å². The summed E-state index contributed by atoms with van der Waals surface area (Å²) in [5.74, 6) is 0. The summed E-state index contributed by atoms with van der Waals surface area (Å²) in [6, 6.07) is 6.33. The molecule has 0 bridgehead atoms. The first kappa shape index (κ1) is 16.2. The first-order valence-electron chi connectivity index (χ1n) is 6.94. The molecule has 0 aliphatic heterocycles. The molecule has 0 aromatic heterocycles. The number of ether oxygens (including phenoxy) is 2. The lowest BCUT2D eigenvalue weighted by Gasteiger charge is -2.22. The molecule has 0 aliphatic rings. The van der Waals surface area contributed by atoms with Crippen molar-refractivity contribution >= 4 is 0 Å². The van der Waals surface area contributed by atoms with Crippen LogP contribution in [-0.4, -0.2) is 11.2 Å². The van der Waals surface area contributed by atoms with Crippen LogP contribution < -0.4 is 0 Å². The summed E-state index contributed by atoms with van der Waals surface area (Å²) in [6.07, 6.45) is 0. The Morgan fingerprint density at radius 1 is 0.789 bits per heavy atom. The lowest BCUT2D eigenvalue weighted by Crippen LogP contribution is -2.20. The van der Waals surface area contributed by atoms with Crippen LogP contribution in [0.3, 0.4) is 0 Å². The molecule has 0 heterocycles. The predicted molar refractivity (Wildman–Crippen MR) is 80.3 cm³/mol. The fourth-order valence-electron chi connectivity index (χ4n) is 1.64. The molecule has 0 saturated heterocycles. The van der Waals surface area contributed by atoms with Gasteiger partial charge in [0.15, 0.2) is 0 Å². The van der Waals surface area contributed by atoms with Gasteiger partial charge in [0.25, 0.3) is 0 Å². The van der Waals surface area contributed by atoms with E-state index in [0.29, 0.717) is 13.2 Å². The average molecular weight is 264 g/mol. The molecule has 0 radical (unpaired) electrons. The van der Waals surface area contributed by atoms with Crippen LogP contribution in [0.25, 0.3) is 0 Å². The Balaban J connectivity index is 2.75. The van der Waals surface area contributed by atoms with Crippen molar-refractivity contribution in [1.29, 1.82) is 0 Å². The minimum Gasteiger partial charge on any atom is -0.371 e. The van der Waals surface area contributed by atoms with Crippen LogP contribution in [0, 0.1) is 6.92 Å². The lowest BCUT2D eigenvalue weighted by molar-refractivity contribution is -0.0175. The summed E-state index contributed by atoms with van der Waals surface area (Å²) in [5.41, 5.74) is 3.54. The molecule has 108 valence electrons. The van der Waals surface area contributed by atoms with Gasteiger partial charge in [0.2, 0.25) is 0 Å². The molecule has 0 atom stereocenters. The second-order valence-corrected chi connectivity index (χ2v) is 7.00. The van der Waals surface area contributed by atoms with Crippen molar-refractivity contribution in [1.82, 2.24) is 0 Å². The fourth-order valence-corrected chi connectivity index (χ4v) is 1.64. The van der Waals surface area contributed by atoms with E-state index < -0.39 is 0 Å². The zero-order valence-electron chi connectivity index (χ0n) is 13.5. The zero-order valence-corrected chi connectivity index (χ0v) is 13.5. The number of benzene rings is 1. The number of hydrogen-bond acceptors (Lipinski definition) is 2. The van der Waals surface area contributed by atoms with Gasteiger partial charge in [-0.3, -0.25) is 0 Å². The normalized spacial score (nSPS) is 12.8. The SMILES string of the molecule is Cc1c(COC(C)(C)C)cccc1COC(C)(C)C. The van der Waals surface area contributed by atoms with E-state index in [9.17, 15) is 0 Å². The minimum atomic E-state index is -0.107. The van der Waals surface area contributed by atoms with E-state index in [1.54, 1.807) is 0 Å². The van der Waals surface area contributed by atoms with Gasteiger partial charge in [-0.05, 0) is 65.2 Å². The number of rotatable bonds is 4. The molecule has 0 amide bonds. The van der Waals surface area contributed by atoms with E-state index in [1.807, 2.05) is 0 Å². The van der Waals surface area contributed by atoms with Crippen LogP contribution >= 0.6 is 0 Å². The third kappa shape index (κ3) is 6.22. The van der Waals surface area contributed by atoms with Gasteiger partial charge < -0.3 is 9.47 Å². The largest absolute Gasteiger partial charge is 0.371 e. The maximum atomic E-state index is 5.86. The molecule has 0 saturated carbocycles. The van der Waals surface area contributed by atoms with E-state index >= 15 is 0 Å². The van der Waals surface area contributed by atoms with Crippen molar-refractivity contribution in [3.05, 3.63) is 34.9 Å². The van der Waals surface area contributed by atoms with Crippen molar-refractivity contribution in [2.24, 2.45) is 0 Å². The molecule has 19 heavy (non-hydrogen) atoms. The summed E-state index contributed by atoms with van der Waals surface area (Å²) in [6.45, 7) is 15.9. The van der Waals surface area contributed by atoms with Gasteiger partial charge in [0, 0.05) is 0 Å². The second-order valence-electron chi connectivity index (χ2n) is 7.00. The Bertz CT molecular complexity index is 372. The maximum absolute atomic E-state index is 5.86. The zero-order chi connectivity index (χ0) is 14.7. The standard InChI is InChI=1S/C17H28O2/c1-13-14(11-18-16(2,3)4)9-8-10-15(13)12-19-17(5,6)7/h8-10H,11-12H2,1-7H3. The van der Waals surface area contributed by atoms with Crippen molar-refractivity contribution in [2.45, 2.75) is 72.9 Å². The first-order valence-corrected chi connectivity index (χ1v) is 6.94. The maximum Gasteiger partial charge on any atom is 0.0726 e. The molecule has 0 N–H and O–H groups in total. The van der Waals surface area contributed by atoms with Crippen molar-refractivity contribution < 1.29 is 9.47 Å². The van der Waals surface area contributed by atoms with Crippen LogP contribution in [0.4, 0.5) is 0 Å². The van der Waals surface area contributed by atoms with Crippen LogP contribution in [0.2, 0.25) is 0 Å². The first-order chi connectivity index (χ1) is 8.58. The molecular weight excluding hydrogens is 236 g/mol. The molecule has 0 fully saturated rings. The van der Waals surface area contributed by atoms with E-state index in [1.165, 1.54) is 16.7 Å². The van der Waals surface area contributed by atoms with Gasteiger partial charge in [-0.25, -0.2) is 0 Å². The summed E-state index contributed by atoms with van der Waals surface area (Å²) in [4.78, 5) is 0. The van der Waals surface area contributed by atoms with E-state index in [2.05, 4.69) is 66.7 Å². The van der Waals surface area contributed by atoms with E-state index in [0.717, 1.165) is 0 Å². The van der Waals surface area contributed by atoms with E-state index in [4.69, 9.17) is 9.47 Å². The van der Waals surface area contributed by atoms with Crippen LogP contribution in [-0.2, 0) is 22.7 Å². The monoisotopic (exact) mass is 264 g/mol. The highest BCUT2D eigenvalue weighted by Gasteiger charge is 2.14. The summed E-state index contributed by atoms with van der Waals surface area (Å²) < 4.78 is 11.7. The third-order valence-corrected chi connectivity index (χ3v) is 2.88. The molecular formula is C17H28O2. The van der Waals surface area contributed by atoms with Gasteiger partial charge in [-0.15, -0.1) is 0 Å². The van der Waals surface area contributed by atoms with Gasteiger partial charge in [0.05, 0.1) is 24.4 Å². The highest BCUT2D eigenvalue weighted by Crippen LogP contribution is 2.20. The van der Waals surface area contributed by atoms with Gasteiger partial charge >= 0.3 is 0 Å². The molecule has 0 aliphatic carbocycles. The van der Waals surface area contributed by atoms with E-state index in [-0.39, 0.29) is 11.2 Å². The fraction of sp³-hybridized carbons (Fsp3) is 0.647. The van der Waals surface area contributed by atoms with Gasteiger partial charge in [-0.1, -0.05) is 18.2 Å². The van der Waals surface area contributed by atoms with Gasteiger partial charge in [0.1, 0.15) is 0 Å². The van der Waals surface area contributed by atoms with Crippen LogP contribution in [0.15, 0.2) is 18.2 Å². The van der Waals surface area contributed by atoms with Crippen molar-refractivity contribution in [2.75, 3.05) is 0 Å². The molecule has 0 spiro atoms. The summed E-state index contributed by atoms with van der Waals surface area (Å²) in [7, 11) is 0. The van der Waals surface area contributed by atoms with Crippen molar-refractivity contribution in [3.63, 3.8) is 0 Å². The Morgan fingerprint density at radius 2 is 1.16 bits per heavy atom. The Morgan fingerprint density at radius 3 is 1.47 bits per heavy atom. The minimum absolute atomic E-state index is 0.107. The lowest BCUT2D eigenvalue weighted by atomic mass is 10.0. The quantitative estimate of drug-likeness (QED) is 0.789. The predicted octanol–water partition coefficient (Wildman–Crippen LogP) is 4.63. The Labute approximate surface area is 118 Å². The molecule has 2 heteroatoms.